The molecule has 0 saturated heterocycles. The molecule has 17 heavy (non-hydrogen) atoms. The van der Waals surface area contributed by atoms with Crippen LogP contribution in [0.3, 0.4) is 0 Å². The van der Waals surface area contributed by atoms with Gasteiger partial charge in [0.2, 0.25) is 0 Å². The molecule has 0 unspecified atom stereocenters. The lowest BCUT2D eigenvalue weighted by Gasteiger charge is -2.00. The van der Waals surface area contributed by atoms with Crippen molar-refractivity contribution in [1.29, 1.82) is 0 Å². The van der Waals surface area contributed by atoms with Crippen LogP contribution in [0.4, 0.5) is 5.69 Å². The number of benzene rings is 1. The molecule has 1 N–H and O–H groups in total. The Kier molecular flexibility index (Phi) is 3.26. The predicted molar refractivity (Wildman–Crippen MR) is 64.4 cm³/mol. The van der Waals surface area contributed by atoms with Crippen LogP contribution in [0.1, 0.15) is 5.76 Å². The lowest BCUT2D eigenvalue weighted by molar-refractivity contribution is -0.384. The van der Waals surface area contributed by atoms with Gasteiger partial charge in [-0.05, 0) is 24.3 Å². The maximum absolute atomic E-state index is 10.9. The average Bonchev–Trinajstić information content (AvgIpc) is 2.77. The summed E-state index contributed by atoms with van der Waals surface area (Å²) < 4.78 is 5.91. The SMILES string of the molecule is O=[N+]([O-])c1cc(Br)ccc1-c1ccc(CO)o1. The second kappa shape index (κ2) is 4.68. The second-order valence-electron chi connectivity index (χ2n) is 3.34. The Morgan fingerprint density at radius 1 is 1.35 bits per heavy atom. The van der Waals surface area contributed by atoms with Gasteiger partial charge in [-0.2, -0.15) is 0 Å². The summed E-state index contributed by atoms with van der Waals surface area (Å²) >= 11 is 3.18. The third kappa shape index (κ3) is 2.37. The van der Waals surface area contributed by atoms with E-state index in [1.165, 1.54) is 6.07 Å². The number of furan rings is 1. The summed E-state index contributed by atoms with van der Waals surface area (Å²) in [5.41, 5.74) is 0.344. The van der Waals surface area contributed by atoms with E-state index in [4.69, 9.17) is 9.52 Å². The Hall–Kier alpha value is -1.66. The Labute approximate surface area is 105 Å². The highest BCUT2D eigenvalue weighted by Gasteiger charge is 2.18. The molecule has 88 valence electrons. The fraction of sp³-hybridized carbons (Fsp3) is 0.0909. The number of hydrogen-bond acceptors (Lipinski definition) is 4. The van der Waals surface area contributed by atoms with Crippen LogP contribution < -0.4 is 0 Å². The standard InChI is InChI=1S/C11H8BrNO4/c12-7-1-3-9(10(5-7)13(15)16)11-4-2-8(6-14)17-11/h1-5,14H,6H2. The van der Waals surface area contributed by atoms with Crippen molar-refractivity contribution in [3.8, 4) is 11.3 Å². The minimum absolute atomic E-state index is 0.0433. The second-order valence-corrected chi connectivity index (χ2v) is 4.26. The minimum Gasteiger partial charge on any atom is -0.458 e. The highest BCUT2D eigenvalue weighted by atomic mass is 79.9. The van der Waals surface area contributed by atoms with Crippen molar-refractivity contribution in [2.75, 3.05) is 0 Å². The van der Waals surface area contributed by atoms with Gasteiger partial charge in [0.05, 0.1) is 10.5 Å². The van der Waals surface area contributed by atoms with E-state index in [2.05, 4.69) is 15.9 Å². The maximum Gasteiger partial charge on any atom is 0.281 e. The molecule has 0 amide bonds. The van der Waals surface area contributed by atoms with E-state index in [1.807, 2.05) is 0 Å². The topological polar surface area (TPSA) is 76.5 Å². The smallest absolute Gasteiger partial charge is 0.281 e. The number of halogens is 1. The van der Waals surface area contributed by atoms with Crippen LogP contribution in [0.2, 0.25) is 0 Å². The third-order valence-electron chi connectivity index (χ3n) is 2.24. The Morgan fingerprint density at radius 2 is 2.12 bits per heavy atom. The Morgan fingerprint density at radius 3 is 2.71 bits per heavy atom. The molecule has 0 aliphatic heterocycles. The first-order chi connectivity index (χ1) is 8.11. The Balaban J connectivity index is 2.54. The molecule has 2 rings (SSSR count). The Bertz CT molecular complexity index is 564. The van der Waals surface area contributed by atoms with E-state index in [0.29, 0.717) is 21.6 Å². The van der Waals surface area contributed by atoms with Gasteiger partial charge in [0.25, 0.3) is 5.69 Å². The molecule has 0 aliphatic rings. The number of nitro groups is 1. The van der Waals surface area contributed by atoms with E-state index >= 15 is 0 Å². The van der Waals surface area contributed by atoms with Crippen molar-refractivity contribution >= 4 is 21.6 Å². The van der Waals surface area contributed by atoms with Crippen molar-refractivity contribution in [3.63, 3.8) is 0 Å². The highest BCUT2D eigenvalue weighted by Crippen LogP contribution is 2.33. The highest BCUT2D eigenvalue weighted by molar-refractivity contribution is 9.10. The van der Waals surface area contributed by atoms with Crippen LogP contribution in [0.15, 0.2) is 39.2 Å². The molecule has 1 heterocycles. The molecule has 0 radical (unpaired) electrons. The number of aliphatic hydroxyl groups is 1. The molecule has 1 aromatic heterocycles. The first-order valence-electron chi connectivity index (χ1n) is 4.75. The van der Waals surface area contributed by atoms with Gasteiger partial charge in [-0.3, -0.25) is 10.1 Å². The van der Waals surface area contributed by atoms with Crippen molar-refractivity contribution < 1.29 is 14.4 Å². The number of nitro benzene ring substituents is 1. The molecular weight excluding hydrogens is 290 g/mol. The summed E-state index contributed by atoms with van der Waals surface area (Å²) in [7, 11) is 0. The van der Waals surface area contributed by atoms with Crippen molar-refractivity contribution in [2.45, 2.75) is 6.61 Å². The number of hydrogen-bond donors (Lipinski definition) is 1. The zero-order valence-corrected chi connectivity index (χ0v) is 10.2. The van der Waals surface area contributed by atoms with Gasteiger partial charge in [-0.25, -0.2) is 0 Å². The molecule has 2 aromatic rings. The van der Waals surface area contributed by atoms with Crippen LogP contribution in [-0.4, -0.2) is 10.0 Å². The van der Waals surface area contributed by atoms with Gasteiger partial charge >= 0.3 is 0 Å². The lowest BCUT2D eigenvalue weighted by atomic mass is 10.1. The van der Waals surface area contributed by atoms with E-state index in [9.17, 15) is 10.1 Å². The molecule has 0 bridgehead atoms. The first kappa shape index (κ1) is 11.8. The van der Waals surface area contributed by atoms with Gasteiger partial charge in [-0.1, -0.05) is 15.9 Å². The molecular formula is C11H8BrNO4. The summed E-state index contributed by atoms with van der Waals surface area (Å²) in [6, 6.07) is 7.89. The van der Waals surface area contributed by atoms with Crippen LogP contribution in [0.5, 0.6) is 0 Å². The van der Waals surface area contributed by atoms with E-state index in [-0.39, 0.29) is 12.3 Å². The molecule has 6 heteroatoms. The van der Waals surface area contributed by atoms with Gasteiger partial charge in [0.15, 0.2) is 0 Å². The van der Waals surface area contributed by atoms with Crippen LogP contribution in [0, 0.1) is 10.1 Å². The lowest BCUT2D eigenvalue weighted by Crippen LogP contribution is -1.91. The third-order valence-corrected chi connectivity index (χ3v) is 2.73. The molecule has 0 aliphatic carbocycles. The van der Waals surface area contributed by atoms with Crippen LogP contribution >= 0.6 is 15.9 Å². The zero-order valence-electron chi connectivity index (χ0n) is 8.59. The van der Waals surface area contributed by atoms with Crippen LogP contribution in [0.25, 0.3) is 11.3 Å². The van der Waals surface area contributed by atoms with E-state index in [1.54, 1.807) is 24.3 Å². The van der Waals surface area contributed by atoms with Crippen molar-refractivity contribution in [1.82, 2.24) is 0 Å². The molecule has 0 spiro atoms. The van der Waals surface area contributed by atoms with Gasteiger partial charge in [0, 0.05) is 10.5 Å². The molecule has 0 saturated carbocycles. The van der Waals surface area contributed by atoms with Crippen molar-refractivity contribution in [3.05, 3.63) is 50.7 Å². The average molecular weight is 298 g/mol. The summed E-state index contributed by atoms with van der Waals surface area (Å²) in [4.78, 5) is 10.4. The van der Waals surface area contributed by atoms with Gasteiger partial charge < -0.3 is 9.52 Å². The van der Waals surface area contributed by atoms with E-state index < -0.39 is 4.92 Å². The summed E-state index contributed by atoms with van der Waals surface area (Å²) in [5, 5.41) is 19.8. The van der Waals surface area contributed by atoms with Gasteiger partial charge in [-0.15, -0.1) is 0 Å². The zero-order chi connectivity index (χ0) is 12.4. The summed E-state index contributed by atoms with van der Waals surface area (Å²) in [5.74, 6) is 0.741. The van der Waals surface area contributed by atoms with E-state index in [0.717, 1.165) is 0 Å². The number of aliphatic hydroxyl groups excluding tert-OH is 1. The fourth-order valence-electron chi connectivity index (χ4n) is 1.47. The predicted octanol–water partition coefficient (Wildman–Crippen LogP) is 3.11. The molecule has 1 aromatic carbocycles. The molecule has 0 fully saturated rings. The largest absolute Gasteiger partial charge is 0.458 e. The first-order valence-corrected chi connectivity index (χ1v) is 5.55. The summed E-state index contributed by atoms with van der Waals surface area (Å²) in [6.07, 6.45) is 0. The monoisotopic (exact) mass is 297 g/mol. The number of nitrogens with zero attached hydrogens (tertiary/aromatic N) is 1. The van der Waals surface area contributed by atoms with Crippen LogP contribution in [-0.2, 0) is 6.61 Å². The minimum atomic E-state index is -0.471. The molecule has 5 nitrogen and oxygen atoms in total. The van der Waals surface area contributed by atoms with Crippen molar-refractivity contribution in [2.24, 2.45) is 0 Å². The number of rotatable bonds is 3. The fourth-order valence-corrected chi connectivity index (χ4v) is 1.82. The van der Waals surface area contributed by atoms with Gasteiger partial charge in [0.1, 0.15) is 18.1 Å². The summed E-state index contributed by atoms with van der Waals surface area (Å²) in [6.45, 7) is -0.232. The quantitative estimate of drug-likeness (QED) is 0.697. The maximum atomic E-state index is 10.9. The molecule has 0 atom stereocenters. The normalized spacial score (nSPS) is 10.5.